The zero-order valence-electron chi connectivity index (χ0n) is 4.07. The molecule has 0 aromatic heterocycles. The van der Waals surface area contributed by atoms with Gasteiger partial charge in [0, 0.05) is 0 Å². The molecule has 0 fully saturated rings. The molecule has 0 unspecified atom stereocenters. The highest BCUT2D eigenvalue weighted by Gasteiger charge is 1.78. The van der Waals surface area contributed by atoms with Crippen molar-refractivity contribution in [2.24, 2.45) is 11.5 Å². The Balaban J connectivity index is 3.32. The van der Waals surface area contributed by atoms with E-state index >= 15 is 0 Å². The molecule has 0 aliphatic carbocycles. The van der Waals surface area contributed by atoms with Crippen LogP contribution < -0.4 is 16.8 Å². The molecule has 0 aromatic carbocycles. The number of nitrogens with one attached hydrogen (secondary N) is 1. The van der Waals surface area contributed by atoms with Crippen molar-refractivity contribution < 1.29 is 0 Å². The zero-order valence-corrected chi connectivity index (χ0v) is 4.07. The summed E-state index contributed by atoms with van der Waals surface area (Å²) in [5.74, 6) is 0.625. The minimum absolute atomic E-state index is 0.313. The van der Waals surface area contributed by atoms with Crippen LogP contribution in [0.4, 0.5) is 0 Å². The number of hydrogen-bond acceptors (Lipinski definition) is 3. The van der Waals surface area contributed by atoms with Gasteiger partial charge in [0.05, 0.1) is 11.6 Å². The van der Waals surface area contributed by atoms with E-state index in [0.717, 1.165) is 0 Å². The van der Waals surface area contributed by atoms with Crippen molar-refractivity contribution in [3.63, 3.8) is 0 Å². The molecule has 0 spiro atoms. The Morgan fingerprint density at radius 2 is 1.43 bits per heavy atom. The minimum atomic E-state index is 0.313. The number of nitrogens with two attached hydrogens (primary N) is 2. The van der Waals surface area contributed by atoms with Gasteiger partial charge in [-0.25, -0.2) is 0 Å². The van der Waals surface area contributed by atoms with Crippen LogP contribution in [-0.2, 0) is 0 Å². The summed E-state index contributed by atoms with van der Waals surface area (Å²) in [6, 6.07) is 0. The molecule has 0 aliphatic heterocycles. The molecule has 40 valence electrons. The van der Waals surface area contributed by atoms with E-state index in [2.05, 4.69) is 18.5 Å². The lowest BCUT2D eigenvalue weighted by Gasteiger charge is -1.99. The summed E-state index contributed by atoms with van der Waals surface area (Å²) in [5.41, 5.74) is 10.1. The van der Waals surface area contributed by atoms with E-state index in [1.54, 1.807) is 0 Å². The average Bonchev–Trinajstić information content (AvgIpc) is 1.27. The third kappa shape index (κ3) is 4.88. The first-order chi connectivity index (χ1) is 3.13. The second-order valence-electron chi connectivity index (χ2n) is 1.18. The quantitative estimate of drug-likeness (QED) is 0.434. The van der Waals surface area contributed by atoms with Crippen LogP contribution in [0.15, 0.2) is 24.8 Å². The van der Waals surface area contributed by atoms with E-state index < -0.39 is 0 Å². The molecule has 0 atom stereocenters. The van der Waals surface area contributed by atoms with Crippen LogP contribution in [0.25, 0.3) is 0 Å². The minimum Gasteiger partial charge on any atom is -0.386 e. The topological polar surface area (TPSA) is 64.1 Å². The van der Waals surface area contributed by atoms with Crippen molar-refractivity contribution >= 4 is 0 Å². The average molecular weight is 99.1 g/mol. The van der Waals surface area contributed by atoms with Gasteiger partial charge in [0.2, 0.25) is 0 Å². The van der Waals surface area contributed by atoms with E-state index in [1.165, 1.54) is 0 Å². The first-order valence-corrected chi connectivity index (χ1v) is 1.78. The summed E-state index contributed by atoms with van der Waals surface area (Å²) < 4.78 is 0. The van der Waals surface area contributed by atoms with Crippen molar-refractivity contribution in [1.29, 1.82) is 0 Å². The number of rotatable bonds is 2. The first-order valence-electron chi connectivity index (χ1n) is 1.78. The Morgan fingerprint density at radius 3 is 1.43 bits per heavy atom. The van der Waals surface area contributed by atoms with Gasteiger partial charge in [0.25, 0.3) is 0 Å². The Morgan fingerprint density at radius 1 is 1.14 bits per heavy atom. The van der Waals surface area contributed by atoms with Crippen LogP contribution in [-0.4, -0.2) is 0 Å². The second-order valence-corrected chi connectivity index (χ2v) is 1.18. The monoisotopic (exact) mass is 99.1 g/mol. The van der Waals surface area contributed by atoms with Gasteiger partial charge in [0.1, 0.15) is 0 Å². The van der Waals surface area contributed by atoms with Gasteiger partial charge in [0.15, 0.2) is 0 Å². The molecule has 5 N–H and O–H groups in total. The summed E-state index contributed by atoms with van der Waals surface area (Å²) in [6.45, 7) is 6.64. The van der Waals surface area contributed by atoms with E-state index in [1.807, 2.05) is 0 Å². The third-order valence-electron chi connectivity index (χ3n) is 0.321. The summed E-state index contributed by atoms with van der Waals surface area (Å²) >= 11 is 0. The van der Waals surface area contributed by atoms with Gasteiger partial charge in [-0.2, -0.15) is 0 Å². The van der Waals surface area contributed by atoms with Gasteiger partial charge >= 0.3 is 0 Å². The van der Waals surface area contributed by atoms with Crippen LogP contribution >= 0.6 is 0 Å². The lowest BCUT2D eigenvalue weighted by atomic mass is 10.7. The maximum atomic E-state index is 5.05. The predicted octanol–water partition coefficient (Wildman–Crippen LogP) is -0.564. The maximum Gasteiger partial charge on any atom is 0.0941 e. The summed E-state index contributed by atoms with van der Waals surface area (Å²) in [4.78, 5) is 0. The van der Waals surface area contributed by atoms with Crippen LogP contribution in [0, 0.1) is 0 Å². The standard InChI is InChI=1S/C4H9N3/c1-3(5)7-4(2)6/h7H,1-2,5-6H2. The Hall–Kier alpha value is -1.12. The molecule has 0 saturated heterocycles. The molecule has 0 rings (SSSR count). The van der Waals surface area contributed by atoms with E-state index in [4.69, 9.17) is 11.5 Å². The third-order valence-corrected chi connectivity index (χ3v) is 0.321. The Kier molecular flexibility index (Phi) is 1.78. The summed E-state index contributed by atoms with van der Waals surface area (Å²) in [5, 5.41) is 2.47. The van der Waals surface area contributed by atoms with Gasteiger partial charge in [-0.3, -0.25) is 0 Å². The molecule has 0 saturated carbocycles. The van der Waals surface area contributed by atoms with E-state index in [-0.39, 0.29) is 0 Å². The highest BCUT2D eigenvalue weighted by molar-refractivity contribution is 4.96. The van der Waals surface area contributed by atoms with Crippen LogP contribution in [0.2, 0.25) is 0 Å². The molecule has 0 bridgehead atoms. The molecule has 0 heterocycles. The first kappa shape index (κ1) is 5.88. The lowest BCUT2D eigenvalue weighted by molar-refractivity contribution is 0.941. The smallest absolute Gasteiger partial charge is 0.0941 e. The lowest BCUT2D eigenvalue weighted by Crippen LogP contribution is -2.22. The molecule has 0 amide bonds. The highest BCUT2D eigenvalue weighted by atomic mass is 15.1. The number of hydrogen-bond donors (Lipinski definition) is 3. The largest absolute Gasteiger partial charge is 0.386 e. The molecular weight excluding hydrogens is 90.1 g/mol. The Labute approximate surface area is 42.7 Å². The van der Waals surface area contributed by atoms with Crippen molar-refractivity contribution in [3.05, 3.63) is 24.8 Å². The Bertz CT molecular complexity index is 83.1. The van der Waals surface area contributed by atoms with Crippen molar-refractivity contribution in [1.82, 2.24) is 5.32 Å². The van der Waals surface area contributed by atoms with E-state index in [0.29, 0.717) is 11.6 Å². The molecule has 3 nitrogen and oxygen atoms in total. The summed E-state index contributed by atoms with van der Waals surface area (Å²) in [6.07, 6.45) is 0. The molecular formula is C4H9N3. The highest BCUT2D eigenvalue weighted by Crippen LogP contribution is 1.69. The second kappa shape index (κ2) is 2.12. The van der Waals surface area contributed by atoms with Crippen LogP contribution in [0.1, 0.15) is 0 Å². The maximum absolute atomic E-state index is 5.05. The van der Waals surface area contributed by atoms with Crippen molar-refractivity contribution in [2.45, 2.75) is 0 Å². The van der Waals surface area contributed by atoms with Gasteiger partial charge in [-0.1, -0.05) is 13.2 Å². The van der Waals surface area contributed by atoms with Crippen molar-refractivity contribution in [3.8, 4) is 0 Å². The van der Waals surface area contributed by atoms with Crippen molar-refractivity contribution in [2.75, 3.05) is 0 Å². The van der Waals surface area contributed by atoms with Crippen LogP contribution in [0.3, 0.4) is 0 Å². The van der Waals surface area contributed by atoms with E-state index in [9.17, 15) is 0 Å². The predicted molar refractivity (Wildman–Crippen MR) is 29.8 cm³/mol. The van der Waals surface area contributed by atoms with Gasteiger partial charge in [-0.15, -0.1) is 0 Å². The molecule has 3 heteroatoms. The fourth-order valence-electron chi connectivity index (χ4n) is 0.206. The van der Waals surface area contributed by atoms with Crippen LogP contribution in [0.5, 0.6) is 0 Å². The molecule has 0 aliphatic rings. The summed E-state index contributed by atoms with van der Waals surface area (Å²) in [7, 11) is 0. The normalized spacial score (nSPS) is 7.43. The fourth-order valence-corrected chi connectivity index (χ4v) is 0.206. The SMILES string of the molecule is C=C(N)NC(=C)N. The fraction of sp³-hybridized carbons (Fsp3) is 0. The van der Waals surface area contributed by atoms with Gasteiger partial charge < -0.3 is 16.8 Å². The molecule has 0 aromatic rings. The molecule has 0 radical (unpaired) electrons. The molecule has 7 heavy (non-hydrogen) atoms. The van der Waals surface area contributed by atoms with Gasteiger partial charge in [-0.05, 0) is 0 Å². The zero-order chi connectivity index (χ0) is 5.86.